The van der Waals surface area contributed by atoms with E-state index in [-0.39, 0.29) is 12.5 Å². The number of nitrogens with one attached hydrogen (secondary N) is 1. The number of fused-ring (bicyclic) bond motifs is 1. The van der Waals surface area contributed by atoms with Crippen LogP contribution in [0.2, 0.25) is 5.02 Å². The fourth-order valence-electron chi connectivity index (χ4n) is 2.59. The molecule has 6 heteroatoms. The maximum atomic E-state index is 12.1. The Labute approximate surface area is 140 Å². The van der Waals surface area contributed by atoms with Crippen molar-refractivity contribution in [2.24, 2.45) is 5.92 Å². The normalized spacial score (nSPS) is 12.5. The molecule has 2 rings (SSSR count). The van der Waals surface area contributed by atoms with E-state index in [9.17, 15) is 9.59 Å². The van der Waals surface area contributed by atoms with Gasteiger partial charge in [0.25, 0.3) is 0 Å². The largest absolute Gasteiger partial charge is 0.420 e. The molecule has 0 bridgehead atoms. The van der Waals surface area contributed by atoms with E-state index in [4.69, 9.17) is 16.0 Å². The molecule has 1 amide bonds. The van der Waals surface area contributed by atoms with Crippen molar-refractivity contribution in [3.63, 3.8) is 0 Å². The summed E-state index contributed by atoms with van der Waals surface area (Å²) in [6, 6.07) is 4.93. The van der Waals surface area contributed by atoms with Crippen molar-refractivity contribution in [2.45, 2.75) is 46.1 Å². The maximum absolute atomic E-state index is 12.1. The Hall–Kier alpha value is -1.75. The Morgan fingerprint density at radius 3 is 2.87 bits per heavy atom. The van der Waals surface area contributed by atoms with Gasteiger partial charge in [0.15, 0.2) is 5.58 Å². The van der Waals surface area contributed by atoms with Crippen LogP contribution in [0.4, 0.5) is 0 Å². The minimum atomic E-state index is -0.546. The Kier molecular flexibility index (Phi) is 6.28. The highest BCUT2D eigenvalue weighted by atomic mass is 35.5. The molecule has 1 N–H and O–H groups in total. The van der Waals surface area contributed by atoms with Crippen LogP contribution < -0.4 is 11.1 Å². The monoisotopic (exact) mass is 338 g/mol. The highest BCUT2D eigenvalue weighted by Gasteiger charge is 2.14. The third kappa shape index (κ3) is 4.61. The third-order valence-electron chi connectivity index (χ3n) is 4.06. The Bertz CT molecular complexity index is 720. The van der Waals surface area contributed by atoms with Crippen molar-refractivity contribution in [1.29, 1.82) is 0 Å². The predicted octanol–water partition coefficient (Wildman–Crippen LogP) is 3.58. The fraction of sp³-hybridized carbons (Fsp3) is 0.529. The Morgan fingerprint density at radius 2 is 2.17 bits per heavy atom. The van der Waals surface area contributed by atoms with Gasteiger partial charge in [0.2, 0.25) is 5.91 Å². The molecule has 0 radical (unpaired) electrons. The van der Waals surface area contributed by atoms with Gasteiger partial charge < -0.3 is 9.73 Å². The van der Waals surface area contributed by atoms with Crippen LogP contribution in [-0.2, 0) is 11.3 Å². The molecule has 1 aromatic carbocycles. The molecule has 1 atom stereocenters. The summed E-state index contributed by atoms with van der Waals surface area (Å²) in [5, 5.41) is 3.41. The molecule has 2 aromatic rings. The SMILES string of the molecule is CCCC[C@@H](CC)CNC(=O)Cn1c(=O)oc2cc(Cl)ccc21. The van der Waals surface area contributed by atoms with Gasteiger partial charge in [0, 0.05) is 17.6 Å². The van der Waals surface area contributed by atoms with Crippen LogP contribution in [0.25, 0.3) is 11.1 Å². The first-order chi connectivity index (χ1) is 11.0. The number of hydrogen-bond acceptors (Lipinski definition) is 3. The topological polar surface area (TPSA) is 64.2 Å². The van der Waals surface area contributed by atoms with Crippen LogP contribution in [0.5, 0.6) is 0 Å². The number of carbonyl (C=O) groups is 1. The molecule has 0 saturated heterocycles. The van der Waals surface area contributed by atoms with E-state index in [1.165, 1.54) is 11.0 Å². The summed E-state index contributed by atoms with van der Waals surface area (Å²) >= 11 is 5.88. The molecule has 0 aliphatic heterocycles. The molecule has 1 aromatic heterocycles. The molecule has 0 aliphatic rings. The van der Waals surface area contributed by atoms with Crippen molar-refractivity contribution in [3.05, 3.63) is 33.8 Å². The highest BCUT2D eigenvalue weighted by Crippen LogP contribution is 2.18. The van der Waals surface area contributed by atoms with Gasteiger partial charge in [-0.2, -0.15) is 0 Å². The van der Waals surface area contributed by atoms with Gasteiger partial charge in [0.1, 0.15) is 6.54 Å². The minimum absolute atomic E-state index is 0.0440. The number of carbonyl (C=O) groups excluding carboxylic acids is 1. The number of oxazole rings is 1. The molecule has 0 saturated carbocycles. The van der Waals surface area contributed by atoms with Gasteiger partial charge in [-0.25, -0.2) is 4.79 Å². The Morgan fingerprint density at radius 1 is 1.39 bits per heavy atom. The zero-order valence-corrected chi connectivity index (χ0v) is 14.4. The van der Waals surface area contributed by atoms with Gasteiger partial charge in [-0.05, 0) is 24.5 Å². The number of rotatable bonds is 8. The number of aromatic nitrogens is 1. The van der Waals surface area contributed by atoms with Gasteiger partial charge in [0.05, 0.1) is 5.52 Å². The van der Waals surface area contributed by atoms with E-state index >= 15 is 0 Å². The van der Waals surface area contributed by atoms with E-state index in [1.807, 2.05) is 0 Å². The summed E-state index contributed by atoms with van der Waals surface area (Å²) in [7, 11) is 0. The second-order valence-corrected chi connectivity index (χ2v) is 6.22. The van der Waals surface area contributed by atoms with Crippen LogP contribution in [0.3, 0.4) is 0 Å². The zero-order valence-electron chi connectivity index (χ0n) is 13.6. The van der Waals surface area contributed by atoms with Crippen LogP contribution in [0.15, 0.2) is 27.4 Å². The number of unbranched alkanes of at least 4 members (excludes halogenated alkanes) is 1. The number of halogens is 1. The number of amides is 1. The number of hydrogen-bond donors (Lipinski definition) is 1. The average Bonchev–Trinajstić information content (AvgIpc) is 2.82. The molecular weight excluding hydrogens is 316 g/mol. The standard InChI is InChI=1S/C17H23ClN2O3/c1-3-5-6-12(4-2)10-19-16(21)11-20-14-8-7-13(18)9-15(14)23-17(20)22/h7-9,12H,3-6,10-11H2,1-2H3,(H,19,21)/t12-/m1/s1. The predicted molar refractivity (Wildman–Crippen MR) is 91.8 cm³/mol. The second kappa shape index (κ2) is 8.20. The summed E-state index contributed by atoms with van der Waals surface area (Å²) in [5.41, 5.74) is 0.970. The van der Waals surface area contributed by atoms with E-state index in [0.29, 0.717) is 28.6 Å². The number of nitrogens with zero attached hydrogens (tertiary/aromatic N) is 1. The summed E-state index contributed by atoms with van der Waals surface area (Å²) in [6.07, 6.45) is 4.47. The molecule has 0 spiro atoms. The van der Waals surface area contributed by atoms with E-state index in [2.05, 4.69) is 19.2 Å². The quantitative estimate of drug-likeness (QED) is 0.800. The summed E-state index contributed by atoms with van der Waals surface area (Å²) in [6.45, 7) is 4.89. The second-order valence-electron chi connectivity index (χ2n) is 5.79. The van der Waals surface area contributed by atoms with Crippen molar-refractivity contribution in [2.75, 3.05) is 6.54 Å². The fourth-order valence-corrected chi connectivity index (χ4v) is 2.75. The number of benzene rings is 1. The lowest BCUT2D eigenvalue weighted by Gasteiger charge is -2.15. The van der Waals surface area contributed by atoms with Gasteiger partial charge >= 0.3 is 5.76 Å². The highest BCUT2D eigenvalue weighted by molar-refractivity contribution is 6.31. The molecular formula is C17H23ClN2O3. The molecule has 5 nitrogen and oxygen atoms in total. The molecule has 0 fully saturated rings. The van der Waals surface area contributed by atoms with E-state index in [0.717, 1.165) is 19.3 Å². The smallest absolute Gasteiger partial charge is 0.408 e. The van der Waals surface area contributed by atoms with Crippen LogP contribution in [-0.4, -0.2) is 17.0 Å². The first-order valence-electron chi connectivity index (χ1n) is 8.10. The minimum Gasteiger partial charge on any atom is -0.408 e. The van der Waals surface area contributed by atoms with Crippen molar-refractivity contribution in [3.8, 4) is 0 Å². The lowest BCUT2D eigenvalue weighted by Crippen LogP contribution is -2.34. The summed E-state index contributed by atoms with van der Waals surface area (Å²) in [4.78, 5) is 24.0. The molecule has 23 heavy (non-hydrogen) atoms. The third-order valence-corrected chi connectivity index (χ3v) is 4.30. The van der Waals surface area contributed by atoms with Crippen molar-refractivity contribution >= 4 is 28.6 Å². The van der Waals surface area contributed by atoms with Crippen LogP contribution in [0.1, 0.15) is 39.5 Å². The van der Waals surface area contributed by atoms with Crippen LogP contribution >= 0.6 is 11.6 Å². The molecule has 0 unspecified atom stereocenters. The van der Waals surface area contributed by atoms with Crippen molar-refractivity contribution in [1.82, 2.24) is 9.88 Å². The van der Waals surface area contributed by atoms with Gasteiger partial charge in [-0.3, -0.25) is 9.36 Å². The van der Waals surface area contributed by atoms with Crippen LogP contribution in [0, 0.1) is 5.92 Å². The first-order valence-corrected chi connectivity index (χ1v) is 8.48. The van der Waals surface area contributed by atoms with Crippen molar-refractivity contribution < 1.29 is 9.21 Å². The van der Waals surface area contributed by atoms with Gasteiger partial charge in [-0.15, -0.1) is 0 Å². The van der Waals surface area contributed by atoms with E-state index in [1.54, 1.807) is 18.2 Å². The summed E-state index contributed by atoms with van der Waals surface area (Å²) in [5.74, 6) is -0.245. The molecule has 126 valence electrons. The van der Waals surface area contributed by atoms with E-state index < -0.39 is 5.76 Å². The summed E-state index contributed by atoms with van der Waals surface area (Å²) < 4.78 is 6.45. The van der Waals surface area contributed by atoms with Gasteiger partial charge in [-0.1, -0.05) is 44.7 Å². The Balaban J connectivity index is 2.00. The maximum Gasteiger partial charge on any atom is 0.420 e. The lowest BCUT2D eigenvalue weighted by atomic mass is 9.99. The zero-order chi connectivity index (χ0) is 16.8. The molecule has 0 aliphatic carbocycles. The average molecular weight is 339 g/mol. The molecule has 1 heterocycles. The lowest BCUT2D eigenvalue weighted by molar-refractivity contribution is -0.121. The first kappa shape index (κ1) is 17.6.